The Hall–Kier alpha value is -1.39. The van der Waals surface area contributed by atoms with Crippen LogP contribution in [0.15, 0.2) is 24.3 Å². The molecule has 1 aromatic carbocycles. The summed E-state index contributed by atoms with van der Waals surface area (Å²) >= 11 is 0. The summed E-state index contributed by atoms with van der Waals surface area (Å²) in [7, 11) is 1.55. The summed E-state index contributed by atoms with van der Waals surface area (Å²) < 4.78 is 10.6. The molecular weight excluding hydrogens is 196 g/mol. The van der Waals surface area contributed by atoms with Gasteiger partial charge >= 0.3 is 5.97 Å². The number of carbonyl (C=O) groups is 1. The number of carboxylic acid groups (broad SMARTS) is 1. The van der Waals surface area contributed by atoms with Gasteiger partial charge in [0, 0.05) is 12.7 Å². The monoisotopic (exact) mass is 208 g/mol. The lowest BCUT2D eigenvalue weighted by Gasteiger charge is -2.10. The molecule has 1 heterocycles. The van der Waals surface area contributed by atoms with Crippen molar-refractivity contribution in [1.82, 2.24) is 0 Å². The molecule has 2 atom stereocenters. The van der Waals surface area contributed by atoms with Crippen molar-refractivity contribution in [3.63, 3.8) is 0 Å². The number of fused-ring (bicyclic) bond motifs is 1. The fraction of sp³-hybridized carbons (Fsp3) is 0.364. The first-order valence-electron chi connectivity index (χ1n) is 4.71. The quantitative estimate of drug-likeness (QED) is 0.823. The third-order valence-electron chi connectivity index (χ3n) is 2.46. The fourth-order valence-electron chi connectivity index (χ4n) is 1.81. The van der Waals surface area contributed by atoms with Crippen LogP contribution in [0.2, 0.25) is 0 Å². The number of benzene rings is 1. The van der Waals surface area contributed by atoms with Crippen LogP contribution in [0.5, 0.6) is 0 Å². The van der Waals surface area contributed by atoms with Crippen LogP contribution in [0.1, 0.15) is 29.9 Å². The van der Waals surface area contributed by atoms with Crippen molar-refractivity contribution in [3.8, 4) is 0 Å². The summed E-state index contributed by atoms with van der Waals surface area (Å²) in [5, 5.41) is 8.74. The molecule has 2 rings (SSSR count). The maximum absolute atomic E-state index is 10.6. The number of methoxy groups -OCH3 is 1. The molecule has 0 aromatic heterocycles. The maximum Gasteiger partial charge on any atom is 0.306 e. The molecule has 4 nitrogen and oxygen atoms in total. The molecule has 0 radical (unpaired) electrons. The van der Waals surface area contributed by atoms with Gasteiger partial charge in [0.2, 0.25) is 0 Å². The number of ether oxygens (including phenoxy) is 2. The highest BCUT2D eigenvalue weighted by atomic mass is 16.7. The van der Waals surface area contributed by atoms with Gasteiger partial charge in [-0.1, -0.05) is 24.3 Å². The first-order chi connectivity index (χ1) is 7.22. The minimum atomic E-state index is -0.869. The third kappa shape index (κ3) is 1.86. The van der Waals surface area contributed by atoms with E-state index in [1.807, 2.05) is 24.3 Å². The van der Waals surface area contributed by atoms with Crippen LogP contribution in [0.3, 0.4) is 0 Å². The number of carboxylic acids is 1. The van der Waals surface area contributed by atoms with E-state index < -0.39 is 18.4 Å². The van der Waals surface area contributed by atoms with Gasteiger partial charge in [0.15, 0.2) is 6.29 Å². The van der Waals surface area contributed by atoms with Crippen LogP contribution in [-0.2, 0) is 14.3 Å². The lowest BCUT2D eigenvalue weighted by molar-refractivity contribution is -0.157. The minimum Gasteiger partial charge on any atom is -0.481 e. The zero-order valence-electron chi connectivity index (χ0n) is 8.34. The second kappa shape index (κ2) is 4.00. The summed E-state index contributed by atoms with van der Waals surface area (Å²) in [4.78, 5) is 10.6. The molecule has 0 bridgehead atoms. The van der Waals surface area contributed by atoms with E-state index in [9.17, 15) is 4.79 Å². The lowest BCUT2D eigenvalue weighted by atomic mass is 10.0. The Balaban J connectivity index is 2.29. The van der Waals surface area contributed by atoms with Crippen LogP contribution >= 0.6 is 0 Å². The topological polar surface area (TPSA) is 55.8 Å². The standard InChI is InChI=1S/C11H12O4/c1-14-11-8-5-3-2-4-7(8)9(15-11)6-10(12)13/h2-5,9,11H,6H2,1H3,(H,12,13). The van der Waals surface area contributed by atoms with Gasteiger partial charge in [-0.15, -0.1) is 0 Å². The van der Waals surface area contributed by atoms with Crippen LogP contribution in [-0.4, -0.2) is 18.2 Å². The predicted molar refractivity (Wildman–Crippen MR) is 52.3 cm³/mol. The van der Waals surface area contributed by atoms with Gasteiger partial charge < -0.3 is 14.6 Å². The zero-order chi connectivity index (χ0) is 10.8. The number of aliphatic carboxylic acids is 1. The molecule has 1 aromatic rings. The fourth-order valence-corrected chi connectivity index (χ4v) is 1.81. The number of hydrogen-bond donors (Lipinski definition) is 1. The van der Waals surface area contributed by atoms with Crippen molar-refractivity contribution >= 4 is 5.97 Å². The van der Waals surface area contributed by atoms with E-state index in [2.05, 4.69) is 0 Å². The molecule has 0 spiro atoms. The first-order valence-corrected chi connectivity index (χ1v) is 4.71. The predicted octanol–water partition coefficient (Wildman–Crippen LogP) is 1.88. The highest BCUT2D eigenvalue weighted by molar-refractivity contribution is 5.68. The Labute approximate surface area is 87.4 Å². The summed E-state index contributed by atoms with van der Waals surface area (Å²) in [5.74, 6) is -0.869. The molecule has 4 heteroatoms. The van der Waals surface area contributed by atoms with Crippen molar-refractivity contribution in [2.24, 2.45) is 0 Å². The molecule has 0 saturated heterocycles. The largest absolute Gasteiger partial charge is 0.481 e. The molecule has 1 aliphatic rings. The Kier molecular flexibility index (Phi) is 2.70. The van der Waals surface area contributed by atoms with Gasteiger partial charge in [-0.2, -0.15) is 0 Å². The van der Waals surface area contributed by atoms with Gasteiger partial charge in [-0.25, -0.2) is 0 Å². The molecule has 2 unspecified atom stereocenters. The van der Waals surface area contributed by atoms with E-state index in [1.165, 1.54) is 0 Å². The Morgan fingerprint density at radius 3 is 2.73 bits per heavy atom. The summed E-state index contributed by atoms with van der Waals surface area (Å²) in [6.07, 6.45) is -0.870. The second-order valence-corrected chi connectivity index (χ2v) is 3.42. The first kappa shape index (κ1) is 10.1. The molecule has 80 valence electrons. The van der Waals surface area contributed by atoms with E-state index in [-0.39, 0.29) is 6.42 Å². The summed E-state index contributed by atoms with van der Waals surface area (Å²) in [5.41, 5.74) is 1.83. The Morgan fingerprint density at radius 1 is 1.47 bits per heavy atom. The maximum atomic E-state index is 10.6. The van der Waals surface area contributed by atoms with Crippen LogP contribution in [0.25, 0.3) is 0 Å². The lowest BCUT2D eigenvalue weighted by Crippen LogP contribution is -2.06. The zero-order valence-corrected chi connectivity index (χ0v) is 8.34. The number of hydrogen-bond acceptors (Lipinski definition) is 3. The third-order valence-corrected chi connectivity index (χ3v) is 2.46. The molecular formula is C11H12O4. The molecule has 1 N–H and O–H groups in total. The van der Waals surface area contributed by atoms with Gasteiger partial charge in [-0.05, 0) is 5.56 Å². The Bertz CT molecular complexity index is 375. The van der Waals surface area contributed by atoms with E-state index in [1.54, 1.807) is 7.11 Å². The molecule has 0 fully saturated rings. The minimum absolute atomic E-state index is 0.0309. The van der Waals surface area contributed by atoms with E-state index in [0.29, 0.717) is 0 Å². The highest BCUT2D eigenvalue weighted by Crippen LogP contribution is 2.40. The van der Waals surface area contributed by atoms with Gasteiger partial charge in [0.05, 0.1) is 12.5 Å². The van der Waals surface area contributed by atoms with E-state index >= 15 is 0 Å². The van der Waals surface area contributed by atoms with Gasteiger partial charge in [0.25, 0.3) is 0 Å². The van der Waals surface area contributed by atoms with Crippen molar-refractivity contribution in [3.05, 3.63) is 35.4 Å². The number of rotatable bonds is 3. The normalized spacial score (nSPS) is 23.8. The van der Waals surface area contributed by atoms with Crippen molar-refractivity contribution < 1.29 is 19.4 Å². The summed E-state index contributed by atoms with van der Waals surface area (Å²) in [6, 6.07) is 7.53. The average molecular weight is 208 g/mol. The van der Waals surface area contributed by atoms with Crippen molar-refractivity contribution in [1.29, 1.82) is 0 Å². The molecule has 0 saturated carbocycles. The molecule has 15 heavy (non-hydrogen) atoms. The second-order valence-electron chi connectivity index (χ2n) is 3.42. The smallest absolute Gasteiger partial charge is 0.306 e. The van der Waals surface area contributed by atoms with Crippen molar-refractivity contribution in [2.45, 2.75) is 18.8 Å². The van der Waals surface area contributed by atoms with Crippen LogP contribution in [0, 0.1) is 0 Å². The van der Waals surface area contributed by atoms with E-state index in [0.717, 1.165) is 11.1 Å². The highest BCUT2D eigenvalue weighted by Gasteiger charge is 2.32. The van der Waals surface area contributed by atoms with Gasteiger partial charge in [0.1, 0.15) is 0 Å². The van der Waals surface area contributed by atoms with Crippen molar-refractivity contribution in [2.75, 3.05) is 7.11 Å². The molecule has 0 aliphatic carbocycles. The van der Waals surface area contributed by atoms with E-state index in [4.69, 9.17) is 14.6 Å². The molecule has 0 amide bonds. The Morgan fingerprint density at radius 2 is 2.13 bits per heavy atom. The van der Waals surface area contributed by atoms with Crippen LogP contribution < -0.4 is 0 Å². The SMILES string of the molecule is COC1OC(CC(=O)O)c2ccccc21. The summed E-state index contributed by atoms with van der Waals surface area (Å²) in [6.45, 7) is 0. The van der Waals surface area contributed by atoms with Crippen LogP contribution in [0.4, 0.5) is 0 Å². The average Bonchev–Trinajstić information content (AvgIpc) is 2.56. The molecule has 1 aliphatic heterocycles. The van der Waals surface area contributed by atoms with Gasteiger partial charge in [-0.3, -0.25) is 4.79 Å².